The summed E-state index contributed by atoms with van der Waals surface area (Å²) < 4.78 is 22.2. The number of amides is 1. The zero-order valence-electron chi connectivity index (χ0n) is 35.5. The van der Waals surface area contributed by atoms with Gasteiger partial charge in [0, 0.05) is 13.0 Å². The van der Waals surface area contributed by atoms with Crippen LogP contribution in [0.15, 0.2) is 24.3 Å². The van der Waals surface area contributed by atoms with E-state index in [2.05, 4.69) is 43.5 Å². The van der Waals surface area contributed by atoms with Crippen LogP contribution in [0.4, 0.5) is 0 Å². The van der Waals surface area contributed by atoms with Crippen LogP contribution in [0, 0.1) is 0 Å². The van der Waals surface area contributed by atoms with E-state index in [1.54, 1.807) is 0 Å². The molecule has 5 N–H and O–H groups in total. The fourth-order valence-corrected chi connectivity index (χ4v) is 7.57. The molecule has 0 fully saturated rings. The number of nitrogens with one attached hydrogen (secondary N) is 1. The van der Waals surface area contributed by atoms with Crippen LogP contribution >= 0.6 is 7.82 Å². The average Bonchev–Trinajstić information content (AvgIpc) is 3.16. The minimum Gasteiger partial charge on any atom is -0.391 e. The molecule has 1 amide bonds. The first-order chi connectivity index (χ1) is 26.4. The number of phosphoric acid groups is 1. The van der Waals surface area contributed by atoms with Gasteiger partial charge in [0.1, 0.15) is 0 Å². The summed E-state index contributed by atoms with van der Waals surface area (Å²) in [5, 5.41) is 13.8. The molecule has 3 unspecified atom stereocenters. The van der Waals surface area contributed by atoms with E-state index < -0.39 is 20.0 Å². The summed E-state index contributed by atoms with van der Waals surface area (Å²) in [5.41, 5.74) is 5.39. The Morgan fingerprint density at radius 2 is 1.02 bits per heavy atom. The zero-order chi connectivity index (χ0) is 39.6. The number of rotatable bonds is 43. The van der Waals surface area contributed by atoms with E-state index in [1.807, 2.05) is 0 Å². The van der Waals surface area contributed by atoms with Crippen LogP contribution in [0.2, 0.25) is 0 Å². The zero-order valence-corrected chi connectivity index (χ0v) is 36.4. The first kappa shape index (κ1) is 53.0. The third kappa shape index (κ3) is 39.2. The molecule has 0 saturated carbocycles. The second-order valence-electron chi connectivity index (χ2n) is 15.6. The maximum Gasteiger partial charge on any atom is 0.472 e. The van der Waals surface area contributed by atoms with Gasteiger partial charge in [0.05, 0.1) is 25.4 Å². The predicted octanol–water partition coefficient (Wildman–Crippen LogP) is 12.9. The molecule has 9 heteroatoms. The molecule has 0 aliphatic carbocycles. The fourth-order valence-electron chi connectivity index (χ4n) is 6.81. The van der Waals surface area contributed by atoms with E-state index in [0.717, 1.165) is 51.4 Å². The van der Waals surface area contributed by atoms with Gasteiger partial charge in [0.15, 0.2) is 0 Å². The number of allylic oxidation sites excluding steroid dienone is 4. The monoisotopic (exact) mass is 785 g/mol. The van der Waals surface area contributed by atoms with Gasteiger partial charge in [0.25, 0.3) is 0 Å². The number of nitrogens with two attached hydrogens (primary N) is 1. The highest BCUT2D eigenvalue weighted by atomic mass is 31.2. The highest BCUT2D eigenvalue weighted by Crippen LogP contribution is 2.43. The van der Waals surface area contributed by atoms with Gasteiger partial charge in [-0.25, -0.2) is 4.57 Å². The Balaban J connectivity index is 4.14. The molecule has 0 spiro atoms. The minimum atomic E-state index is -4.32. The molecule has 0 saturated heterocycles. The van der Waals surface area contributed by atoms with Gasteiger partial charge in [-0.1, -0.05) is 199 Å². The highest BCUT2D eigenvalue weighted by Gasteiger charge is 2.27. The maximum absolute atomic E-state index is 12.8. The summed E-state index contributed by atoms with van der Waals surface area (Å²) in [4.78, 5) is 22.8. The summed E-state index contributed by atoms with van der Waals surface area (Å²) in [6, 6.07) is -0.777. The van der Waals surface area contributed by atoms with Crippen molar-refractivity contribution in [1.29, 1.82) is 0 Å². The van der Waals surface area contributed by atoms with Crippen LogP contribution in [-0.2, 0) is 18.4 Å². The van der Waals surface area contributed by atoms with Gasteiger partial charge < -0.3 is 21.1 Å². The van der Waals surface area contributed by atoms with Gasteiger partial charge in [-0.2, -0.15) is 0 Å². The summed E-state index contributed by atoms with van der Waals surface area (Å²) in [5.74, 6) is -0.168. The quantitative estimate of drug-likeness (QED) is 0.0275. The molecule has 0 aromatic rings. The molecule has 54 heavy (non-hydrogen) atoms. The standard InChI is InChI=1S/C45H89N2O6P/c1-3-5-7-9-11-13-15-17-19-21-23-25-27-29-31-33-35-37-39-45(49)47-43(42-53-54(50,51)52-41-40-46)44(48)38-36-34-32-30-28-26-24-22-20-18-16-14-12-10-8-6-4-2/h13,15,19,21,43-44,48H,3-12,14,16-18,20,22-42,46H2,1-2H3,(H,47,49)(H,50,51)/b15-13-,21-19-. The fraction of sp³-hybridized carbons (Fsp3) is 0.889. The van der Waals surface area contributed by atoms with Crippen molar-refractivity contribution in [3.8, 4) is 0 Å². The number of hydrogen-bond acceptors (Lipinski definition) is 6. The van der Waals surface area contributed by atoms with E-state index >= 15 is 0 Å². The summed E-state index contributed by atoms with van der Waals surface area (Å²) in [7, 11) is -4.32. The molecular formula is C45H89N2O6P. The third-order valence-corrected chi connectivity index (χ3v) is 11.3. The molecule has 0 bridgehead atoms. The first-order valence-corrected chi connectivity index (χ1v) is 24.4. The van der Waals surface area contributed by atoms with Crippen LogP contribution in [0.25, 0.3) is 0 Å². The number of aliphatic hydroxyl groups excluding tert-OH is 1. The van der Waals surface area contributed by atoms with Crippen LogP contribution in [0.5, 0.6) is 0 Å². The summed E-state index contributed by atoms with van der Waals surface area (Å²) in [6.45, 7) is 4.20. The third-order valence-electron chi connectivity index (χ3n) is 10.3. The Labute approximate surface area is 334 Å². The number of unbranched alkanes of at least 4 members (excludes halogenated alkanes) is 27. The molecule has 0 aliphatic rings. The van der Waals surface area contributed by atoms with E-state index in [-0.39, 0.29) is 25.7 Å². The van der Waals surface area contributed by atoms with Crippen LogP contribution in [-0.4, -0.2) is 47.8 Å². The normalized spacial score (nSPS) is 14.2. The van der Waals surface area contributed by atoms with Crippen molar-refractivity contribution in [2.75, 3.05) is 19.8 Å². The lowest BCUT2D eigenvalue weighted by atomic mass is 10.0. The van der Waals surface area contributed by atoms with Gasteiger partial charge in [-0.3, -0.25) is 13.8 Å². The van der Waals surface area contributed by atoms with Gasteiger partial charge in [0.2, 0.25) is 5.91 Å². The van der Waals surface area contributed by atoms with Crippen molar-refractivity contribution in [2.24, 2.45) is 5.73 Å². The van der Waals surface area contributed by atoms with Crippen LogP contribution in [0.3, 0.4) is 0 Å². The van der Waals surface area contributed by atoms with Gasteiger partial charge in [-0.15, -0.1) is 0 Å². The van der Waals surface area contributed by atoms with Gasteiger partial charge >= 0.3 is 7.82 Å². The topological polar surface area (TPSA) is 131 Å². The Bertz CT molecular complexity index is 901. The Kier molecular flexibility index (Phi) is 40.8. The number of hydrogen-bond donors (Lipinski definition) is 4. The van der Waals surface area contributed by atoms with Crippen molar-refractivity contribution in [3.05, 3.63) is 24.3 Å². The van der Waals surface area contributed by atoms with Crippen LogP contribution < -0.4 is 11.1 Å². The second kappa shape index (κ2) is 41.6. The van der Waals surface area contributed by atoms with E-state index in [1.165, 1.54) is 148 Å². The van der Waals surface area contributed by atoms with E-state index in [0.29, 0.717) is 12.8 Å². The minimum absolute atomic E-state index is 0.0881. The maximum atomic E-state index is 12.8. The van der Waals surface area contributed by atoms with Crippen molar-refractivity contribution in [1.82, 2.24) is 5.32 Å². The Morgan fingerprint density at radius 3 is 1.48 bits per heavy atom. The van der Waals surface area contributed by atoms with E-state index in [4.69, 9.17) is 14.8 Å². The van der Waals surface area contributed by atoms with Crippen molar-refractivity contribution in [2.45, 2.75) is 238 Å². The van der Waals surface area contributed by atoms with E-state index in [9.17, 15) is 19.4 Å². The second-order valence-corrected chi connectivity index (χ2v) is 17.1. The van der Waals surface area contributed by atoms with Crippen LogP contribution in [0.1, 0.15) is 226 Å². The molecule has 0 aliphatic heterocycles. The number of carbonyl (C=O) groups excluding carboxylic acids is 1. The lowest BCUT2D eigenvalue weighted by Crippen LogP contribution is -2.46. The summed E-state index contributed by atoms with van der Waals surface area (Å²) >= 11 is 0. The summed E-state index contributed by atoms with van der Waals surface area (Å²) in [6.07, 6.45) is 47.5. The number of phosphoric ester groups is 1. The SMILES string of the molecule is CCCCCC/C=C\C/C=C\CCCCCCCCCC(=O)NC(COP(=O)(O)OCCN)C(O)CCCCCCCCCCCCCCCCCCC. The van der Waals surface area contributed by atoms with Crippen molar-refractivity contribution in [3.63, 3.8) is 0 Å². The van der Waals surface area contributed by atoms with Gasteiger partial charge in [-0.05, 0) is 44.9 Å². The number of carbonyl (C=O) groups is 1. The van der Waals surface area contributed by atoms with Crippen molar-refractivity contribution >= 4 is 13.7 Å². The Morgan fingerprint density at radius 1 is 0.611 bits per heavy atom. The molecule has 0 heterocycles. The predicted molar refractivity (Wildman–Crippen MR) is 231 cm³/mol. The molecule has 0 radical (unpaired) electrons. The first-order valence-electron chi connectivity index (χ1n) is 23.0. The molecule has 0 rings (SSSR count). The van der Waals surface area contributed by atoms with Crippen molar-refractivity contribution < 1.29 is 28.4 Å². The highest BCUT2D eigenvalue weighted by molar-refractivity contribution is 7.47. The molecule has 320 valence electrons. The molecule has 8 nitrogen and oxygen atoms in total. The molecule has 0 aromatic heterocycles. The largest absolute Gasteiger partial charge is 0.472 e. The molecule has 0 aromatic carbocycles. The lowest BCUT2D eigenvalue weighted by molar-refractivity contribution is -0.123. The molecular weight excluding hydrogens is 695 g/mol. The lowest BCUT2D eigenvalue weighted by Gasteiger charge is -2.25. The molecule has 3 atom stereocenters. The number of aliphatic hydroxyl groups is 1. The average molecular weight is 785 g/mol. The smallest absolute Gasteiger partial charge is 0.391 e. The Hall–Kier alpha value is -1.02.